The first-order valence-corrected chi connectivity index (χ1v) is 9.73. The molecule has 150 valence electrons. The highest BCUT2D eigenvalue weighted by molar-refractivity contribution is 7.13. The van der Waals surface area contributed by atoms with Crippen molar-refractivity contribution in [3.05, 3.63) is 50.2 Å². The lowest BCUT2D eigenvalue weighted by atomic mass is 10.1. The Bertz CT molecular complexity index is 874. The van der Waals surface area contributed by atoms with Crippen LogP contribution in [0.5, 0.6) is 5.75 Å². The number of amides is 3. The highest BCUT2D eigenvalue weighted by atomic mass is 35.5. The zero-order chi connectivity index (χ0) is 20.8. The standard InChI is InChI=1S/C19H22ClN3O4S/c1-10-7-14(20)8-11(2)17(10)27-13(4)18(25)23-22-16(24)9-21-19(26)15-6-5-12(3)28-15/h5-8,13H,9H2,1-4H3,(H,21,26)(H,22,24)(H,23,25). The highest BCUT2D eigenvalue weighted by Crippen LogP contribution is 2.27. The summed E-state index contributed by atoms with van der Waals surface area (Å²) >= 11 is 7.32. The third-order valence-corrected chi connectivity index (χ3v) is 5.01. The third kappa shape index (κ3) is 5.97. The van der Waals surface area contributed by atoms with Crippen LogP contribution in [-0.4, -0.2) is 30.4 Å². The molecule has 1 aromatic carbocycles. The number of rotatable bonds is 6. The molecule has 0 spiro atoms. The summed E-state index contributed by atoms with van der Waals surface area (Å²) in [6.45, 7) is 6.85. The Morgan fingerprint density at radius 2 is 1.75 bits per heavy atom. The Morgan fingerprint density at radius 1 is 1.11 bits per heavy atom. The molecular weight excluding hydrogens is 402 g/mol. The van der Waals surface area contributed by atoms with Crippen LogP contribution in [0.3, 0.4) is 0 Å². The molecule has 1 heterocycles. The summed E-state index contributed by atoms with van der Waals surface area (Å²) < 4.78 is 5.69. The molecule has 0 radical (unpaired) electrons. The Hall–Kier alpha value is -2.58. The number of hydrogen-bond donors (Lipinski definition) is 3. The number of nitrogens with one attached hydrogen (secondary N) is 3. The van der Waals surface area contributed by atoms with E-state index in [0.29, 0.717) is 15.6 Å². The molecule has 0 aliphatic carbocycles. The molecule has 1 atom stereocenters. The molecule has 0 fully saturated rings. The molecule has 7 nitrogen and oxygen atoms in total. The first kappa shape index (κ1) is 21.7. The minimum Gasteiger partial charge on any atom is -0.480 e. The molecule has 0 aliphatic rings. The lowest BCUT2D eigenvalue weighted by molar-refractivity contribution is -0.132. The second-order valence-electron chi connectivity index (χ2n) is 6.26. The van der Waals surface area contributed by atoms with E-state index >= 15 is 0 Å². The van der Waals surface area contributed by atoms with Gasteiger partial charge < -0.3 is 10.1 Å². The van der Waals surface area contributed by atoms with Crippen molar-refractivity contribution in [1.82, 2.24) is 16.2 Å². The number of ether oxygens (including phenoxy) is 1. The van der Waals surface area contributed by atoms with Gasteiger partial charge in [-0.25, -0.2) is 0 Å². The van der Waals surface area contributed by atoms with E-state index in [4.69, 9.17) is 16.3 Å². The van der Waals surface area contributed by atoms with Crippen LogP contribution in [0, 0.1) is 20.8 Å². The van der Waals surface area contributed by atoms with Gasteiger partial charge in [-0.15, -0.1) is 11.3 Å². The van der Waals surface area contributed by atoms with Crippen LogP contribution in [-0.2, 0) is 9.59 Å². The molecule has 0 aliphatic heterocycles. The number of carbonyl (C=O) groups excluding carboxylic acids is 3. The van der Waals surface area contributed by atoms with Gasteiger partial charge in [-0.1, -0.05) is 11.6 Å². The van der Waals surface area contributed by atoms with Crippen molar-refractivity contribution in [2.75, 3.05) is 6.54 Å². The van der Waals surface area contributed by atoms with Crippen LogP contribution in [0.25, 0.3) is 0 Å². The van der Waals surface area contributed by atoms with E-state index in [9.17, 15) is 14.4 Å². The smallest absolute Gasteiger partial charge is 0.279 e. The maximum Gasteiger partial charge on any atom is 0.279 e. The minimum absolute atomic E-state index is 0.263. The molecule has 9 heteroatoms. The predicted molar refractivity (Wildman–Crippen MR) is 109 cm³/mol. The average molecular weight is 424 g/mol. The fourth-order valence-corrected chi connectivity index (χ4v) is 3.51. The maximum absolute atomic E-state index is 12.1. The average Bonchev–Trinajstić information content (AvgIpc) is 3.06. The second kappa shape index (κ2) is 9.57. The van der Waals surface area contributed by atoms with Crippen LogP contribution in [0.2, 0.25) is 5.02 Å². The summed E-state index contributed by atoms with van der Waals surface area (Å²) in [5.74, 6) is -0.856. The van der Waals surface area contributed by atoms with Gasteiger partial charge in [0, 0.05) is 9.90 Å². The van der Waals surface area contributed by atoms with Gasteiger partial charge in [-0.05, 0) is 63.1 Å². The summed E-state index contributed by atoms with van der Waals surface area (Å²) in [5, 5.41) is 3.08. The van der Waals surface area contributed by atoms with Crippen molar-refractivity contribution in [3.63, 3.8) is 0 Å². The minimum atomic E-state index is -0.845. The molecule has 0 saturated heterocycles. The highest BCUT2D eigenvalue weighted by Gasteiger charge is 2.18. The summed E-state index contributed by atoms with van der Waals surface area (Å²) in [6, 6.07) is 7.00. The van der Waals surface area contributed by atoms with Crippen LogP contribution in [0.1, 0.15) is 32.6 Å². The Kier molecular flexibility index (Phi) is 7.42. The van der Waals surface area contributed by atoms with Crippen molar-refractivity contribution in [1.29, 1.82) is 0 Å². The predicted octanol–water partition coefficient (Wildman–Crippen LogP) is 2.67. The lowest BCUT2D eigenvalue weighted by Crippen LogP contribution is -2.50. The number of thiophene rings is 1. The van der Waals surface area contributed by atoms with E-state index in [2.05, 4.69) is 16.2 Å². The zero-order valence-electron chi connectivity index (χ0n) is 16.0. The van der Waals surface area contributed by atoms with Gasteiger partial charge in [-0.2, -0.15) is 0 Å². The topological polar surface area (TPSA) is 96.5 Å². The molecule has 1 unspecified atom stereocenters. The van der Waals surface area contributed by atoms with Gasteiger partial charge >= 0.3 is 0 Å². The number of halogens is 1. The fraction of sp³-hybridized carbons (Fsp3) is 0.316. The van der Waals surface area contributed by atoms with Crippen LogP contribution >= 0.6 is 22.9 Å². The zero-order valence-corrected chi connectivity index (χ0v) is 17.6. The van der Waals surface area contributed by atoms with E-state index in [-0.39, 0.29) is 12.5 Å². The molecular formula is C19H22ClN3O4S. The van der Waals surface area contributed by atoms with Crippen molar-refractivity contribution in [2.45, 2.75) is 33.8 Å². The molecule has 1 aromatic heterocycles. The Morgan fingerprint density at radius 3 is 2.32 bits per heavy atom. The maximum atomic E-state index is 12.1. The van der Waals surface area contributed by atoms with E-state index in [1.807, 2.05) is 26.8 Å². The first-order valence-electron chi connectivity index (χ1n) is 8.54. The number of hydrazine groups is 1. The van der Waals surface area contributed by atoms with E-state index < -0.39 is 17.9 Å². The number of hydrogen-bond acceptors (Lipinski definition) is 5. The number of aryl methyl sites for hydroxylation is 3. The normalized spacial score (nSPS) is 11.5. The lowest BCUT2D eigenvalue weighted by Gasteiger charge is -2.18. The van der Waals surface area contributed by atoms with Gasteiger partial charge in [0.2, 0.25) is 0 Å². The Labute approximate surface area is 172 Å². The summed E-state index contributed by atoms with van der Waals surface area (Å²) in [6.07, 6.45) is -0.845. The monoisotopic (exact) mass is 423 g/mol. The molecule has 3 N–H and O–H groups in total. The number of carbonyl (C=O) groups is 3. The molecule has 3 amide bonds. The van der Waals surface area contributed by atoms with Crippen LogP contribution in [0.15, 0.2) is 24.3 Å². The van der Waals surface area contributed by atoms with Crippen molar-refractivity contribution < 1.29 is 19.1 Å². The van der Waals surface area contributed by atoms with Gasteiger partial charge in [-0.3, -0.25) is 25.2 Å². The van der Waals surface area contributed by atoms with Crippen molar-refractivity contribution in [3.8, 4) is 5.75 Å². The van der Waals surface area contributed by atoms with Crippen molar-refractivity contribution >= 4 is 40.7 Å². The fourth-order valence-electron chi connectivity index (χ4n) is 2.39. The van der Waals surface area contributed by atoms with Gasteiger partial charge in [0.25, 0.3) is 17.7 Å². The van der Waals surface area contributed by atoms with Crippen LogP contribution < -0.4 is 20.9 Å². The first-order chi connectivity index (χ1) is 13.2. The largest absolute Gasteiger partial charge is 0.480 e. The van der Waals surface area contributed by atoms with E-state index in [0.717, 1.165) is 16.0 Å². The molecule has 0 saturated carbocycles. The Balaban J connectivity index is 1.79. The second-order valence-corrected chi connectivity index (χ2v) is 7.98. The quantitative estimate of drug-likeness (QED) is 0.622. The van der Waals surface area contributed by atoms with Gasteiger partial charge in [0.05, 0.1) is 11.4 Å². The van der Waals surface area contributed by atoms with Gasteiger partial charge in [0.15, 0.2) is 6.10 Å². The summed E-state index contributed by atoms with van der Waals surface area (Å²) in [7, 11) is 0. The van der Waals surface area contributed by atoms with E-state index in [1.54, 1.807) is 25.1 Å². The summed E-state index contributed by atoms with van der Waals surface area (Å²) in [5.41, 5.74) is 6.14. The summed E-state index contributed by atoms with van der Waals surface area (Å²) in [4.78, 5) is 37.4. The molecule has 28 heavy (non-hydrogen) atoms. The van der Waals surface area contributed by atoms with E-state index in [1.165, 1.54) is 11.3 Å². The molecule has 2 rings (SSSR count). The third-order valence-electron chi connectivity index (χ3n) is 3.79. The van der Waals surface area contributed by atoms with Gasteiger partial charge in [0.1, 0.15) is 5.75 Å². The SMILES string of the molecule is Cc1ccc(C(=O)NCC(=O)NNC(=O)C(C)Oc2c(C)cc(Cl)cc2C)s1. The van der Waals surface area contributed by atoms with Crippen molar-refractivity contribution in [2.24, 2.45) is 0 Å². The molecule has 2 aromatic rings. The molecule has 0 bridgehead atoms. The number of benzene rings is 1. The van der Waals surface area contributed by atoms with Crippen LogP contribution in [0.4, 0.5) is 0 Å².